The molecule has 0 aliphatic rings. The second-order valence-corrected chi connectivity index (χ2v) is 4.93. The van der Waals surface area contributed by atoms with Crippen molar-refractivity contribution in [1.82, 2.24) is 4.98 Å². The standard InChI is InChI=1S/C15H27N3/c1-5-13(6-2)11-18(7-3)15-14(12(4)16)9-8-10-17-15/h8-10,12-13H,5-7,11,16H2,1-4H3. The van der Waals surface area contributed by atoms with Crippen molar-refractivity contribution in [2.24, 2.45) is 11.7 Å². The first-order valence-electron chi connectivity index (χ1n) is 7.09. The molecule has 1 atom stereocenters. The van der Waals surface area contributed by atoms with Gasteiger partial charge >= 0.3 is 0 Å². The summed E-state index contributed by atoms with van der Waals surface area (Å²) in [5.74, 6) is 1.79. The van der Waals surface area contributed by atoms with Gasteiger partial charge in [-0.05, 0) is 25.8 Å². The molecule has 18 heavy (non-hydrogen) atoms. The number of anilines is 1. The number of rotatable bonds is 7. The highest BCUT2D eigenvalue weighted by Gasteiger charge is 2.16. The third-order valence-corrected chi connectivity index (χ3v) is 3.62. The summed E-state index contributed by atoms with van der Waals surface area (Å²) in [6.07, 6.45) is 4.29. The number of hydrogen-bond donors (Lipinski definition) is 1. The largest absolute Gasteiger partial charge is 0.356 e. The van der Waals surface area contributed by atoms with Gasteiger partial charge in [0.05, 0.1) is 0 Å². The van der Waals surface area contributed by atoms with Crippen LogP contribution in [0.15, 0.2) is 18.3 Å². The SMILES string of the molecule is CCC(CC)CN(CC)c1ncccc1C(C)N. The fourth-order valence-corrected chi connectivity index (χ4v) is 2.25. The molecule has 3 heteroatoms. The minimum atomic E-state index is 0.0319. The van der Waals surface area contributed by atoms with E-state index < -0.39 is 0 Å². The molecule has 0 fully saturated rings. The van der Waals surface area contributed by atoms with Crippen molar-refractivity contribution in [1.29, 1.82) is 0 Å². The summed E-state index contributed by atoms with van der Waals surface area (Å²) in [5.41, 5.74) is 7.18. The molecule has 102 valence electrons. The van der Waals surface area contributed by atoms with Crippen LogP contribution < -0.4 is 10.6 Å². The highest BCUT2D eigenvalue weighted by Crippen LogP contribution is 2.24. The van der Waals surface area contributed by atoms with E-state index in [-0.39, 0.29) is 6.04 Å². The van der Waals surface area contributed by atoms with Gasteiger partial charge in [-0.25, -0.2) is 4.98 Å². The number of nitrogens with two attached hydrogens (primary N) is 1. The van der Waals surface area contributed by atoms with E-state index in [1.807, 2.05) is 19.2 Å². The quantitative estimate of drug-likeness (QED) is 0.805. The van der Waals surface area contributed by atoms with Crippen LogP contribution in [0.4, 0.5) is 5.82 Å². The molecule has 0 amide bonds. The van der Waals surface area contributed by atoms with Crippen LogP contribution in [0.1, 0.15) is 52.1 Å². The average molecular weight is 249 g/mol. The molecule has 3 nitrogen and oxygen atoms in total. The van der Waals surface area contributed by atoms with E-state index in [9.17, 15) is 0 Å². The fourth-order valence-electron chi connectivity index (χ4n) is 2.25. The van der Waals surface area contributed by atoms with E-state index >= 15 is 0 Å². The summed E-state index contributed by atoms with van der Waals surface area (Å²) < 4.78 is 0. The van der Waals surface area contributed by atoms with Crippen molar-refractivity contribution in [2.75, 3.05) is 18.0 Å². The molecule has 0 spiro atoms. The lowest BCUT2D eigenvalue weighted by Gasteiger charge is -2.28. The maximum Gasteiger partial charge on any atom is 0.133 e. The Morgan fingerprint density at radius 2 is 1.94 bits per heavy atom. The van der Waals surface area contributed by atoms with Crippen LogP contribution in [-0.4, -0.2) is 18.1 Å². The maximum absolute atomic E-state index is 6.04. The van der Waals surface area contributed by atoms with Gasteiger partial charge in [-0.2, -0.15) is 0 Å². The van der Waals surface area contributed by atoms with Crippen molar-refractivity contribution >= 4 is 5.82 Å². The van der Waals surface area contributed by atoms with Crippen LogP contribution in [-0.2, 0) is 0 Å². The summed E-state index contributed by atoms with van der Waals surface area (Å²) in [4.78, 5) is 6.90. The Bertz CT molecular complexity index is 345. The molecule has 2 N–H and O–H groups in total. The zero-order valence-corrected chi connectivity index (χ0v) is 12.2. The van der Waals surface area contributed by atoms with E-state index in [0.717, 1.165) is 30.4 Å². The van der Waals surface area contributed by atoms with Crippen LogP contribution in [0.2, 0.25) is 0 Å². The molecule has 1 aromatic heterocycles. The Morgan fingerprint density at radius 3 is 2.44 bits per heavy atom. The zero-order chi connectivity index (χ0) is 13.5. The van der Waals surface area contributed by atoms with E-state index in [1.165, 1.54) is 12.8 Å². The highest BCUT2D eigenvalue weighted by atomic mass is 15.2. The van der Waals surface area contributed by atoms with Gasteiger partial charge in [0.2, 0.25) is 0 Å². The molecule has 1 aromatic rings. The third kappa shape index (κ3) is 3.70. The van der Waals surface area contributed by atoms with Gasteiger partial charge in [0.15, 0.2) is 0 Å². The van der Waals surface area contributed by atoms with E-state index in [4.69, 9.17) is 5.73 Å². The molecular formula is C15H27N3. The number of pyridine rings is 1. The Labute approximate surface area is 111 Å². The van der Waals surface area contributed by atoms with Crippen LogP contribution in [0.25, 0.3) is 0 Å². The Kier molecular flexibility index (Phi) is 6.13. The smallest absolute Gasteiger partial charge is 0.133 e. The molecular weight excluding hydrogens is 222 g/mol. The maximum atomic E-state index is 6.04. The van der Waals surface area contributed by atoms with Gasteiger partial charge in [0.1, 0.15) is 5.82 Å². The molecule has 0 bridgehead atoms. The van der Waals surface area contributed by atoms with Gasteiger partial charge in [-0.1, -0.05) is 32.8 Å². The predicted molar refractivity (Wildman–Crippen MR) is 78.8 cm³/mol. The Morgan fingerprint density at radius 1 is 1.28 bits per heavy atom. The Balaban J connectivity index is 2.94. The van der Waals surface area contributed by atoms with E-state index in [0.29, 0.717) is 0 Å². The van der Waals surface area contributed by atoms with Crippen LogP contribution in [0.3, 0.4) is 0 Å². The number of hydrogen-bond acceptors (Lipinski definition) is 3. The molecule has 0 saturated carbocycles. The monoisotopic (exact) mass is 249 g/mol. The van der Waals surface area contributed by atoms with Gasteiger partial charge in [0.25, 0.3) is 0 Å². The molecule has 0 saturated heterocycles. The van der Waals surface area contributed by atoms with Crippen LogP contribution in [0, 0.1) is 5.92 Å². The van der Waals surface area contributed by atoms with Crippen LogP contribution in [0.5, 0.6) is 0 Å². The molecule has 1 rings (SSSR count). The third-order valence-electron chi connectivity index (χ3n) is 3.62. The molecule has 0 aromatic carbocycles. The lowest BCUT2D eigenvalue weighted by molar-refractivity contribution is 0.483. The molecule has 0 radical (unpaired) electrons. The average Bonchev–Trinajstić information content (AvgIpc) is 2.40. The van der Waals surface area contributed by atoms with Gasteiger partial charge in [0, 0.05) is 30.9 Å². The minimum absolute atomic E-state index is 0.0319. The Hall–Kier alpha value is -1.09. The number of nitrogens with zero attached hydrogens (tertiary/aromatic N) is 2. The van der Waals surface area contributed by atoms with Crippen molar-refractivity contribution in [3.63, 3.8) is 0 Å². The van der Waals surface area contributed by atoms with Crippen molar-refractivity contribution in [2.45, 2.75) is 46.6 Å². The summed E-state index contributed by atoms with van der Waals surface area (Å²) in [5, 5.41) is 0. The van der Waals surface area contributed by atoms with Gasteiger partial charge in [-0.15, -0.1) is 0 Å². The topological polar surface area (TPSA) is 42.2 Å². The summed E-state index contributed by atoms with van der Waals surface area (Å²) in [7, 11) is 0. The zero-order valence-electron chi connectivity index (χ0n) is 12.2. The minimum Gasteiger partial charge on any atom is -0.356 e. The first-order valence-corrected chi connectivity index (χ1v) is 7.09. The van der Waals surface area contributed by atoms with Crippen LogP contribution >= 0.6 is 0 Å². The van der Waals surface area contributed by atoms with E-state index in [2.05, 4.69) is 36.7 Å². The molecule has 1 unspecified atom stereocenters. The van der Waals surface area contributed by atoms with Gasteiger partial charge in [-0.3, -0.25) is 0 Å². The summed E-state index contributed by atoms with van der Waals surface area (Å²) >= 11 is 0. The lowest BCUT2D eigenvalue weighted by atomic mass is 10.0. The summed E-state index contributed by atoms with van der Waals surface area (Å²) in [6.45, 7) is 10.8. The van der Waals surface area contributed by atoms with E-state index in [1.54, 1.807) is 0 Å². The first kappa shape index (κ1) is 15.0. The van der Waals surface area contributed by atoms with Crippen molar-refractivity contribution < 1.29 is 0 Å². The molecule has 0 aliphatic heterocycles. The van der Waals surface area contributed by atoms with Crippen molar-refractivity contribution in [3.05, 3.63) is 23.9 Å². The highest BCUT2D eigenvalue weighted by molar-refractivity contribution is 5.48. The second kappa shape index (κ2) is 7.37. The normalized spacial score (nSPS) is 12.8. The molecule has 0 aliphatic carbocycles. The summed E-state index contributed by atoms with van der Waals surface area (Å²) in [6, 6.07) is 4.08. The van der Waals surface area contributed by atoms with Crippen molar-refractivity contribution in [3.8, 4) is 0 Å². The second-order valence-electron chi connectivity index (χ2n) is 4.93. The molecule has 1 heterocycles. The predicted octanol–water partition coefficient (Wildman–Crippen LogP) is 3.36. The lowest BCUT2D eigenvalue weighted by Crippen LogP contribution is -2.31. The van der Waals surface area contributed by atoms with Gasteiger partial charge < -0.3 is 10.6 Å². The number of aromatic nitrogens is 1. The fraction of sp³-hybridized carbons (Fsp3) is 0.667. The first-order chi connectivity index (χ1) is 8.63.